The van der Waals surface area contributed by atoms with Gasteiger partial charge in [0.05, 0.1) is 10.7 Å². The molecule has 0 atom stereocenters. The van der Waals surface area contributed by atoms with E-state index < -0.39 is 11.7 Å². The maximum absolute atomic E-state index is 11.6. The number of carbonyl (C=O) groups is 1. The predicted molar refractivity (Wildman–Crippen MR) is 61.0 cm³/mol. The monoisotopic (exact) mass is 275 g/mol. The summed E-state index contributed by atoms with van der Waals surface area (Å²) in [5.41, 5.74) is -0.510. The Morgan fingerprint density at radius 1 is 1.53 bits per heavy atom. The molecular weight excluding hydrogens is 262 g/mol. The van der Waals surface area contributed by atoms with Gasteiger partial charge in [0.15, 0.2) is 0 Å². The fourth-order valence-electron chi connectivity index (χ4n) is 0.938. The van der Waals surface area contributed by atoms with Crippen LogP contribution in [0.2, 0.25) is 0 Å². The maximum atomic E-state index is 11.6. The summed E-state index contributed by atoms with van der Waals surface area (Å²) in [6, 6.07) is 1.72. The van der Waals surface area contributed by atoms with Crippen molar-refractivity contribution >= 4 is 27.9 Å². The highest BCUT2D eigenvalue weighted by Gasteiger charge is 2.23. The van der Waals surface area contributed by atoms with E-state index in [1.165, 1.54) is 11.2 Å². The van der Waals surface area contributed by atoms with Gasteiger partial charge in [0.2, 0.25) is 5.88 Å². The Balaban J connectivity index is 2.74. The molecular formula is C10H14BrNO3. The van der Waals surface area contributed by atoms with Crippen molar-refractivity contribution in [3.05, 3.63) is 16.8 Å². The van der Waals surface area contributed by atoms with E-state index in [0.717, 1.165) is 4.47 Å². The standard InChI is InChI=1S/C10H14BrNO3/c1-10(2,3)15-9(13)12(4)8-7(11)5-6-14-8/h5-6H,1-4H3. The third-order valence-corrected chi connectivity index (χ3v) is 2.17. The van der Waals surface area contributed by atoms with Crippen molar-refractivity contribution < 1.29 is 13.9 Å². The van der Waals surface area contributed by atoms with Crippen molar-refractivity contribution in [3.63, 3.8) is 0 Å². The summed E-state index contributed by atoms with van der Waals surface area (Å²) in [5.74, 6) is 0.434. The molecule has 0 aliphatic rings. The third-order valence-electron chi connectivity index (χ3n) is 1.57. The maximum Gasteiger partial charge on any atom is 0.416 e. The lowest BCUT2D eigenvalue weighted by Gasteiger charge is -2.23. The van der Waals surface area contributed by atoms with Gasteiger partial charge in [-0.05, 0) is 42.8 Å². The smallest absolute Gasteiger partial charge is 0.416 e. The summed E-state index contributed by atoms with van der Waals surface area (Å²) in [4.78, 5) is 12.9. The summed E-state index contributed by atoms with van der Waals surface area (Å²) in [6.45, 7) is 5.45. The minimum absolute atomic E-state index is 0.434. The fraction of sp³-hybridized carbons (Fsp3) is 0.500. The molecule has 0 saturated heterocycles. The van der Waals surface area contributed by atoms with Crippen molar-refractivity contribution in [1.29, 1.82) is 0 Å². The number of rotatable bonds is 1. The van der Waals surface area contributed by atoms with Gasteiger partial charge in [-0.25, -0.2) is 9.69 Å². The summed E-state index contributed by atoms with van der Waals surface area (Å²) in [7, 11) is 1.59. The van der Waals surface area contributed by atoms with Gasteiger partial charge >= 0.3 is 6.09 Å². The van der Waals surface area contributed by atoms with Gasteiger partial charge in [0, 0.05) is 7.05 Å². The Bertz CT molecular complexity index is 354. The first-order valence-electron chi connectivity index (χ1n) is 4.51. The quantitative estimate of drug-likeness (QED) is 0.789. The average molecular weight is 276 g/mol. The second kappa shape index (κ2) is 4.26. The van der Waals surface area contributed by atoms with Crippen LogP contribution in [0.4, 0.5) is 10.7 Å². The van der Waals surface area contributed by atoms with Crippen LogP contribution in [0.15, 0.2) is 21.2 Å². The highest BCUT2D eigenvalue weighted by molar-refractivity contribution is 9.10. The lowest BCUT2D eigenvalue weighted by Crippen LogP contribution is -2.34. The van der Waals surface area contributed by atoms with E-state index in [4.69, 9.17) is 9.15 Å². The number of halogens is 1. The van der Waals surface area contributed by atoms with Gasteiger partial charge in [0.1, 0.15) is 5.60 Å². The third kappa shape index (κ3) is 3.27. The second-order valence-electron chi connectivity index (χ2n) is 4.11. The van der Waals surface area contributed by atoms with Gasteiger partial charge < -0.3 is 9.15 Å². The molecule has 0 fully saturated rings. The van der Waals surface area contributed by atoms with Gasteiger partial charge in [-0.3, -0.25) is 0 Å². The Morgan fingerprint density at radius 2 is 2.13 bits per heavy atom. The van der Waals surface area contributed by atoms with Crippen LogP contribution in [0, 0.1) is 0 Å². The molecule has 0 N–H and O–H groups in total. The highest BCUT2D eigenvalue weighted by Crippen LogP contribution is 2.27. The predicted octanol–water partition coefficient (Wildman–Crippen LogP) is 3.41. The highest BCUT2D eigenvalue weighted by atomic mass is 79.9. The first kappa shape index (κ1) is 12.1. The molecule has 5 heteroatoms. The molecule has 1 aromatic rings. The molecule has 4 nitrogen and oxygen atoms in total. The zero-order chi connectivity index (χ0) is 11.6. The van der Waals surface area contributed by atoms with E-state index in [0.29, 0.717) is 5.88 Å². The summed E-state index contributed by atoms with van der Waals surface area (Å²) < 4.78 is 11.0. The van der Waals surface area contributed by atoms with Crippen molar-refractivity contribution in [2.75, 3.05) is 11.9 Å². The lowest BCUT2D eigenvalue weighted by atomic mass is 10.2. The number of ether oxygens (including phenoxy) is 1. The summed E-state index contributed by atoms with van der Waals surface area (Å²) in [6.07, 6.45) is 1.05. The zero-order valence-electron chi connectivity index (χ0n) is 9.20. The van der Waals surface area contributed by atoms with Crippen LogP contribution in [0.25, 0.3) is 0 Å². The first-order chi connectivity index (χ1) is 6.81. The van der Waals surface area contributed by atoms with Crippen LogP contribution in [0.5, 0.6) is 0 Å². The number of hydrogen-bond acceptors (Lipinski definition) is 3. The van der Waals surface area contributed by atoms with Gasteiger partial charge in [0.25, 0.3) is 0 Å². The van der Waals surface area contributed by atoms with E-state index in [-0.39, 0.29) is 0 Å². The van der Waals surface area contributed by atoms with Crippen LogP contribution in [-0.4, -0.2) is 18.7 Å². The van der Waals surface area contributed by atoms with E-state index in [2.05, 4.69) is 15.9 Å². The van der Waals surface area contributed by atoms with Gasteiger partial charge in [-0.2, -0.15) is 0 Å². The number of amides is 1. The normalized spacial score (nSPS) is 11.3. The molecule has 1 rings (SSSR count). The molecule has 84 valence electrons. The number of carbonyl (C=O) groups excluding carboxylic acids is 1. The van der Waals surface area contributed by atoms with Crippen LogP contribution in [-0.2, 0) is 4.74 Å². The van der Waals surface area contributed by atoms with E-state index >= 15 is 0 Å². The van der Waals surface area contributed by atoms with Gasteiger partial charge in [-0.15, -0.1) is 0 Å². The van der Waals surface area contributed by atoms with Crippen LogP contribution in [0.3, 0.4) is 0 Å². The molecule has 0 saturated carbocycles. The Morgan fingerprint density at radius 3 is 2.53 bits per heavy atom. The number of furan rings is 1. The summed E-state index contributed by atoms with van der Waals surface area (Å²) >= 11 is 3.27. The first-order valence-corrected chi connectivity index (χ1v) is 5.30. The molecule has 0 aliphatic heterocycles. The minimum atomic E-state index is -0.510. The average Bonchev–Trinajstić information content (AvgIpc) is 2.47. The molecule has 0 radical (unpaired) electrons. The van der Waals surface area contributed by atoms with Crippen LogP contribution in [0.1, 0.15) is 20.8 Å². The van der Waals surface area contributed by atoms with Gasteiger partial charge in [-0.1, -0.05) is 0 Å². The Kier molecular flexibility index (Phi) is 3.44. The molecule has 1 amide bonds. The fourth-order valence-corrected chi connectivity index (χ4v) is 1.41. The largest absolute Gasteiger partial charge is 0.447 e. The SMILES string of the molecule is CN(C(=O)OC(C)(C)C)c1occc1Br. The van der Waals surface area contributed by atoms with Crippen LogP contribution >= 0.6 is 15.9 Å². The number of nitrogens with zero attached hydrogens (tertiary/aromatic N) is 1. The van der Waals surface area contributed by atoms with Crippen molar-refractivity contribution in [3.8, 4) is 0 Å². The van der Waals surface area contributed by atoms with Crippen molar-refractivity contribution in [2.45, 2.75) is 26.4 Å². The molecule has 1 heterocycles. The lowest BCUT2D eigenvalue weighted by molar-refractivity contribution is 0.0583. The summed E-state index contributed by atoms with van der Waals surface area (Å²) in [5, 5.41) is 0. The molecule has 0 unspecified atom stereocenters. The minimum Gasteiger partial charge on any atom is -0.447 e. The van der Waals surface area contributed by atoms with E-state index in [1.807, 2.05) is 20.8 Å². The van der Waals surface area contributed by atoms with E-state index in [9.17, 15) is 4.79 Å². The van der Waals surface area contributed by atoms with Crippen LogP contribution < -0.4 is 4.90 Å². The molecule has 1 aromatic heterocycles. The molecule has 0 aliphatic carbocycles. The molecule has 0 bridgehead atoms. The molecule has 15 heavy (non-hydrogen) atoms. The second-order valence-corrected chi connectivity index (χ2v) is 4.97. The molecule has 0 aromatic carbocycles. The van der Waals surface area contributed by atoms with E-state index in [1.54, 1.807) is 13.1 Å². The topological polar surface area (TPSA) is 42.7 Å². The molecule has 0 spiro atoms. The number of hydrogen-bond donors (Lipinski definition) is 0. The van der Waals surface area contributed by atoms with Crippen molar-refractivity contribution in [1.82, 2.24) is 0 Å². The Hall–Kier alpha value is -0.970. The van der Waals surface area contributed by atoms with Crippen molar-refractivity contribution in [2.24, 2.45) is 0 Å². The number of anilines is 1. The Labute approximate surface area is 97.3 Å². The zero-order valence-corrected chi connectivity index (χ0v) is 10.8.